The maximum Gasteiger partial charge on any atom is 0.137 e. The molecule has 1 saturated carbocycles. The highest BCUT2D eigenvalue weighted by molar-refractivity contribution is 5.32. The van der Waals surface area contributed by atoms with Crippen LogP contribution in [0.3, 0.4) is 0 Å². The van der Waals surface area contributed by atoms with Gasteiger partial charge in [-0.1, -0.05) is 0 Å². The minimum Gasteiger partial charge on any atom is -0.495 e. The quantitative estimate of drug-likeness (QED) is 0.843. The molecular formula is C13H18N2O. The minimum absolute atomic E-state index is 0.196. The molecule has 3 nitrogen and oxygen atoms in total. The first-order valence-electron chi connectivity index (χ1n) is 6.10. The molecule has 16 heavy (non-hydrogen) atoms. The molecule has 1 atom stereocenters. The van der Waals surface area contributed by atoms with E-state index in [9.17, 15) is 0 Å². The monoisotopic (exact) mass is 218 g/mol. The molecule has 2 heterocycles. The van der Waals surface area contributed by atoms with E-state index in [1.807, 2.05) is 6.20 Å². The highest BCUT2D eigenvalue weighted by atomic mass is 16.5. The van der Waals surface area contributed by atoms with Gasteiger partial charge in [0.15, 0.2) is 0 Å². The van der Waals surface area contributed by atoms with E-state index in [0.717, 1.165) is 18.2 Å². The van der Waals surface area contributed by atoms with Crippen molar-refractivity contribution in [3.63, 3.8) is 0 Å². The van der Waals surface area contributed by atoms with E-state index < -0.39 is 0 Å². The number of aromatic nitrogens is 1. The summed E-state index contributed by atoms with van der Waals surface area (Å²) in [6.45, 7) is 1.13. The smallest absolute Gasteiger partial charge is 0.137 e. The Hall–Kier alpha value is -1.09. The fourth-order valence-corrected chi connectivity index (χ4v) is 2.95. The van der Waals surface area contributed by atoms with E-state index in [-0.39, 0.29) is 5.54 Å². The van der Waals surface area contributed by atoms with Crippen molar-refractivity contribution in [2.75, 3.05) is 13.7 Å². The van der Waals surface area contributed by atoms with Gasteiger partial charge in [-0.15, -0.1) is 0 Å². The Morgan fingerprint density at radius 1 is 1.44 bits per heavy atom. The second kappa shape index (κ2) is 3.74. The van der Waals surface area contributed by atoms with Crippen LogP contribution in [0.4, 0.5) is 0 Å². The first-order valence-corrected chi connectivity index (χ1v) is 6.10. The summed E-state index contributed by atoms with van der Waals surface area (Å²) in [5, 5.41) is 3.70. The topological polar surface area (TPSA) is 34.1 Å². The lowest BCUT2D eigenvalue weighted by Gasteiger charge is -2.30. The van der Waals surface area contributed by atoms with Crippen LogP contribution >= 0.6 is 0 Å². The van der Waals surface area contributed by atoms with Crippen molar-refractivity contribution in [2.24, 2.45) is 5.92 Å². The molecule has 1 aromatic heterocycles. The summed E-state index contributed by atoms with van der Waals surface area (Å²) in [5.74, 6) is 1.68. The summed E-state index contributed by atoms with van der Waals surface area (Å²) < 4.78 is 5.27. The molecule has 86 valence electrons. The number of ether oxygens (including phenoxy) is 1. The Labute approximate surface area is 96.2 Å². The molecule has 1 saturated heterocycles. The molecule has 0 spiro atoms. The fraction of sp³-hybridized carbons (Fsp3) is 0.615. The van der Waals surface area contributed by atoms with Crippen LogP contribution in [0.25, 0.3) is 0 Å². The summed E-state index contributed by atoms with van der Waals surface area (Å²) in [7, 11) is 1.70. The zero-order chi connectivity index (χ0) is 11.0. The number of nitrogens with zero attached hydrogens (tertiary/aromatic N) is 1. The zero-order valence-electron chi connectivity index (χ0n) is 9.70. The Kier molecular flexibility index (Phi) is 2.36. The lowest BCUT2D eigenvalue weighted by molar-refractivity contribution is 0.332. The van der Waals surface area contributed by atoms with Gasteiger partial charge in [-0.25, -0.2) is 0 Å². The lowest BCUT2D eigenvalue weighted by Crippen LogP contribution is -2.39. The SMILES string of the molecule is COc1cncc(C2(C3CC3)CCCN2)c1. The van der Waals surface area contributed by atoms with Gasteiger partial charge in [0, 0.05) is 11.7 Å². The number of nitrogens with one attached hydrogen (secondary N) is 1. The molecule has 3 rings (SSSR count). The first kappa shape index (κ1) is 10.1. The number of methoxy groups -OCH3 is 1. The van der Waals surface area contributed by atoms with Gasteiger partial charge in [0.05, 0.1) is 13.3 Å². The van der Waals surface area contributed by atoms with Gasteiger partial charge in [0.2, 0.25) is 0 Å². The van der Waals surface area contributed by atoms with E-state index >= 15 is 0 Å². The molecule has 1 unspecified atom stereocenters. The maximum atomic E-state index is 5.27. The van der Waals surface area contributed by atoms with Crippen LogP contribution in [-0.2, 0) is 5.54 Å². The number of hydrogen-bond acceptors (Lipinski definition) is 3. The van der Waals surface area contributed by atoms with Crippen LogP contribution in [-0.4, -0.2) is 18.6 Å². The maximum absolute atomic E-state index is 5.27. The van der Waals surface area contributed by atoms with Crippen molar-refractivity contribution >= 4 is 0 Å². The van der Waals surface area contributed by atoms with Crippen molar-refractivity contribution in [3.05, 3.63) is 24.0 Å². The molecule has 1 N–H and O–H groups in total. The van der Waals surface area contributed by atoms with Gasteiger partial charge >= 0.3 is 0 Å². The Bertz CT molecular complexity index is 381. The van der Waals surface area contributed by atoms with Gasteiger partial charge in [-0.3, -0.25) is 4.98 Å². The Morgan fingerprint density at radius 2 is 2.31 bits per heavy atom. The van der Waals surface area contributed by atoms with Crippen molar-refractivity contribution < 1.29 is 4.74 Å². The van der Waals surface area contributed by atoms with Crippen LogP contribution in [0.15, 0.2) is 18.5 Å². The molecule has 1 aliphatic carbocycles. The van der Waals surface area contributed by atoms with Gasteiger partial charge in [-0.2, -0.15) is 0 Å². The third-order valence-corrected chi connectivity index (χ3v) is 3.93. The van der Waals surface area contributed by atoms with Gasteiger partial charge in [0.1, 0.15) is 5.75 Å². The lowest BCUT2D eigenvalue weighted by atomic mass is 9.84. The van der Waals surface area contributed by atoms with Crippen molar-refractivity contribution in [2.45, 2.75) is 31.2 Å². The average Bonchev–Trinajstić information content (AvgIpc) is 3.08. The van der Waals surface area contributed by atoms with Crippen molar-refractivity contribution in [3.8, 4) is 5.75 Å². The molecule has 0 bridgehead atoms. The first-order chi connectivity index (χ1) is 7.85. The fourth-order valence-electron chi connectivity index (χ4n) is 2.95. The normalized spacial score (nSPS) is 29.3. The van der Waals surface area contributed by atoms with Gasteiger partial charge in [-0.05, 0) is 49.8 Å². The van der Waals surface area contributed by atoms with Crippen molar-refractivity contribution in [1.29, 1.82) is 0 Å². The molecular weight excluding hydrogens is 200 g/mol. The van der Waals surface area contributed by atoms with Crippen LogP contribution in [0, 0.1) is 5.92 Å². The summed E-state index contributed by atoms with van der Waals surface area (Å²) in [6.07, 6.45) is 8.99. The zero-order valence-corrected chi connectivity index (χ0v) is 9.70. The largest absolute Gasteiger partial charge is 0.495 e. The Balaban J connectivity index is 1.98. The summed E-state index contributed by atoms with van der Waals surface area (Å²) in [4.78, 5) is 4.29. The number of rotatable bonds is 3. The number of pyridine rings is 1. The summed E-state index contributed by atoms with van der Waals surface area (Å²) >= 11 is 0. The van der Waals surface area contributed by atoms with E-state index in [2.05, 4.69) is 16.4 Å². The third-order valence-electron chi connectivity index (χ3n) is 3.93. The molecule has 0 radical (unpaired) electrons. The number of hydrogen-bond donors (Lipinski definition) is 1. The van der Waals surface area contributed by atoms with Crippen LogP contribution in [0.5, 0.6) is 5.75 Å². The summed E-state index contributed by atoms with van der Waals surface area (Å²) in [5.41, 5.74) is 1.51. The van der Waals surface area contributed by atoms with E-state index in [1.165, 1.54) is 31.2 Å². The molecule has 2 fully saturated rings. The average molecular weight is 218 g/mol. The van der Waals surface area contributed by atoms with E-state index in [0.29, 0.717) is 0 Å². The van der Waals surface area contributed by atoms with Crippen LogP contribution < -0.4 is 10.1 Å². The van der Waals surface area contributed by atoms with E-state index in [4.69, 9.17) is 4.74 Å². The molecule has 2 aliphatic rings. The van der Waals surface area contributed by atoms with Crippen molar-refractivity contribution in [1.82, 2.24) is 10.3 Å². The Morgan fingerprint density at radius 3 is 2.94 bits per heavy atom. The predicted octanol–water partition coefficient (Wildman–Crippen LogP) is 2.08. The van der Waals surface area contributed by atoms with Gasteiger partial charge in [0.25, 0.3) is 0 Å². The second-order valence-electron chi connectivity index (χ2n) is 4.89. The molecule has 1 aliphatic heterocycles. The molecule has 0 aromatic carbocycles. The van der Waals surface area contributed by atoms with Gasteiger partial charge < -0.3 is 10.1 Å². The summed E-state index contributed by atoms with van der Waals surface area (Å²) in [6, 6.07) is 2.14. The molecule has 1 aromatic rings. The third kappa shape index (κ3) is 1.50. The predicted molar refractivity (Wildman–Crippen MR) is 62.4 cm³/mol. The minimum atomic E-state index is 0.196. The molecule has 3 heteroatoms. The van der Waals surface area contributed by atoms with Crippen LogP contribution in [0.2, 0.25) is 0 Å². The highest BCUT2D eigenvalue weighted by Crippen LogP contribution is 2.50. The highest BCUT2D eigenvalue weighted by Gasteiger charge is 2.48. The standard InChI is InChI=1S/C13H18N2O/c1-16-12-7-11(8-14-9-12)13(10-3-4-10)5-2-6-15-13/h7-10,15H,2-6H2,1H3. The second-order valence-corrected chi connectivity index (χ2v) is 4.89. The van der Waals surface area contributed by atoms with E-state index in [1.54, 1.807) is 13.3 Å². The molecule has 0 amide bonds. The van der Waals surface area contributed by atoms with Crippen LogP contribution in [0.1, 0.15) is 31.2 Å².